The van der Waals surface area contributed by atoms with Crippen LogP contribution in [-0.4, -0.2) is 38.3 Å². The van der Waals surface area contributed by atoms with Crippen molar-refractivity contribution in [3.63, 3.8) is 0 Å². The largest absolute Gasteiger partial charge is 0.381 e. The van der Waals surface area contributed by atoms with Gasteiger partial charge in [0, 0.05) is 24.1 Å². The molecule has 2 rings (SSSR count). The topological polar surface area (TPSA) is 55.4 Å². The Labute approximate surface area is 124 Å². The highest BCUT2D eigenvalue weighted by Gasteiger charge is 2.36. The van der Waals surface area contributed by atoms with Gasteiger partial charge in [-0.25, -0.2) is 13.1 Å². The van der Waals surface area contributed by atoms with E-state index in [0.717, 1.165) is 25.7 Å². The standard InChI is InChI=1S/C13H24BrNO3S/c14-11-13(6-8-18-9-7-13)15-19(16,17)10-12-4-2-1-3-5-12/h12,15H,1-11H2. The van der Waals surface area contributed by atoms with Crippen molar-refractivity contribution in [2.45, 2.75) is 50.5 Å². The fourth-order valence-electron chi connectivity index (χ4n) is 3.06. The zero-order valence-corrected chi connectivity index (χ0v) is 13.8. The smallest absolute Gasteiger partial charge is 0.212 e. The van der Waals surface area contributed by atoms with Crippen LogP contribution < -0.4 is 4.72 Å². The molecule has 1 aliphatic heterocycles. The van der Waals surface area contributed by atoms with Gasteiger partial charge in [0.15, 0.2) is 0 Å². The lowest BCUT2D eigenvalue weighted by molar-refractivity contribution is 0.0557. The average Bonchev–Trinajstić information content (AvgIpc) is 2.40. The second-order valence-corrected chi connectivity index (χ2v) is 8.24. The molecule has 1 N–H and O–H groups in total. The van der Waals surface area contributed by atoms with E-state index in [1.165, 1.54) is 19.3 Å². The van der Waals surface area contributed by atoms with Crippen LogP contribution in [0.25, 0.3) is 0 Å². The zero-order chi connectivity index (χ0) is 13.8. The summed E-state index contributed by atoms with van der Waals surface area (Å²) in [5.74, 6) is 0.640. The van der Waals surface area contributed by atoms with Crippen molar-refractivity contribution in [2.24, 2.45) is 5.92 Å². The Kier molecular flexibility index (Phi) is 5.69. The van der Waals surface area contributed by atoms with Crippen LogP contribution in [0, 0.1) is 5.92 Å². The van der Waals surface area contributed by atoms with Gasteiger partial charge in [-0.15, -0.1) is 0 Å². The van der Waals surface area contributed by atoms with E-state index in [1.807, 2.05) is 0 Å². The summed E-state index contributed by atoms with van der Waals surface area (Å²) in [5.41, 5.74) is -0.342. The SMILES string of the molecule is O=S(=O)(CC1CCCCC1)NC1(CBr)CCOCC1. The van der Waals surface area contributed by atoms with Crippen LogP contribution in [0.4, 0.5) is 0 Å². The number of halogens is 1. The number of hydrogen-bond acceptors (Lipinski definition) is 3. The quantitative estimate of drug-likeness (QED) is 0.772. The van der Waals surface area contributed by atoms with Crippen molar-refractivity contribution in [1.82, 2.24) is 4.72 Å². The molecule has 0 aromatic heterocycles. The lowest BCUT2D eigenvalue weighted by Gasteiger charge is -2.36. The normalized spacial score (nSPS) is 25.3. The molecule has 0 atom stereocenters. The van der Waals surface area contributed by atoms with Gasteiger partial charge in [0.2, 0.25) is 10.0 Å². The Hall–Kier alpha value is 0.350. The van der Waals surface area contributed by atoms with Crippen LogP contribution in [0.5, 0.6) is 0 Å². The molecule has 0 radical (unpaired) electrons. The van der Waals surface area contributed by atoms with Crippen LogP contribution in [0.3, 0.4) is 0 Å². The Morgan fingerprint density at radius 3 is 2.37 bits per heavy atom. The molecule has 6 heteroatoms. The molecule has 0 amide bonds. The average molecular weight is 354 g/mol. The van der Waals surface area contributed by atoms with Crippen molar-refractivity contribution in [1.29, 1.82) is 0 Å². The third kappa shape index (κ3) is 4.69. The predicted molar refractivity (Wildman–Crippen MR) is 80.1 cm³/mol. The monoisotopic (exact) mass is 353 g/mol. The molecule has 0 aromatic carbocycles. The van der Waals surface area contributed by atoms with E-state index in [-0.39, 0.29) is 5.54 Å². The van der Waals surface area contributed by atoms with Gasteiger partial charge in [0.25, 0.3) is 0 Å². The molecule has 19 heavy (non-hydrogen) atoms. The number of rotatable bonds is 5. The Balaban J connectivity index is 1.94. The minimum Gasteiger partial charge on any atom is -0.381 e. The summed E-state index contributed by atoms with van der Waals surface area (Å²) in [6, 6.07) is 0. The molecule has 2 fully saturated rings. The fourth-order valence-corrected chi connectivity index (χ4v) is 5.92. The van der Waals surface area contributed by atoms with Crippen LogP contribution >= 0.6 is 15.9 Å². The van der Waals surface area contributed by atoms with E-state index >= 15 is 0 Å². The third-order valence-electron chi connectivity index (χ3n) is 4.26. The first-order valence-corrected chi connectivity index (χ1v) is 9.98. The van der Waals surface area contributed by atoms with Gasteiger partial charge in [-0.1, -0.05) is 35.2 Å². The lowest BCUT2D eigenvalue weighted by Crippen LogP contribution is -2.54. The molecule has 1 saturated carbocycles. The van der Waals surface area contributed by atoms with Crippen molar-refractivity contribution < 1.29 is 13.2 Å². The summed E-state index contributed by atoms with van der Waals surface area (Å²) >= 11 is 3.46. The highest BCUT2D eigenvalue weighted by molar-refractivity contribution is 9.09. The number of sulfonamides is 1. The Bertz CT molecular complexity index is 373. The van der Waals surface area contributed by atoms with E-state index in [1.54, 1.807) is 0 Å². The van der Waals surface area contributed by atoms with Crippen LogP contribution in [0.1, 0.15) is 44.9 Å². The van der Waals surface area contributed by atoms with Crippen molar-refractivity contribution in [3.05, 3.63) is 0 Å². The highest BCUT2D eigenvalue weighted by atomic mass is 79.9. The molecular weight excluding hydrogens is 330 g/mol. The first kappa shape index (κ1) is 15.7. The summed E-state index contributed by atoms with van der Waals surface area (Å²) in [6.45, 7) is 1.27. The molecule has 0 aromatic rings. The summed E-state index contributed by atoms with van der Waals surface area (Å²) in [7, 11) is -3.19. The van der Waals surface area contributed by atoms with E-state index < -0.39 is 10.0 Å². The minimum atomic E-state index is -3.19. The molecule has 2 aliphatic rings. The van der Waals surface area contributed by atoms with Crippen LogP contribution in [0.15, 0.2) is 0 Å². The molecule has 0 unspecified atom stereocenters. The maximum atomic E-state index is 12.4. The summed E-state index contributed by atoms with van der Waals surface area (Å²) in [5, 5.41) is 0.660. The lowest BCUT2D eigenvalue weighted by atomic mass is 9.91. The second-order valence-electron chi connectivity index (χ2n) is 5.91. The van der Waals surface area contributed by atoms with E-state index in [0.29, 0.717) is 30.2 Å². The van der Waals surface area contributed by atoms with Gasteiger partial charge in [0.1, 0.15) is 0 Å². The predicted octanol–water partition coefficient (Wildman–Crippen LogP) is 2.43. The molecule has 0 bridgehead atoms. The second kappa shape index (κ2) is 6.87. The maximum Gasteiger partial charge on any atom is 0.212 e. The van der Waals surface area contributed by atoms with Crippen molar-refractivity contribution >= 4 is 26.0 Å². The van der Waals surface area contributed by atoms with Gasteiger partial charge in [-0.2, -0.15) is 0 Å². The molecule has 4 nitrogen and oxygen atoms in total. The van der Waals surface area contributed by atoms with Gasteiger partial charge in [-0.3, -0.25) is 0 Å². The molecule has 1 saturated heterocycles. The van der Waals surface area contributed by atoms with Gasteiger partial charge >= 0.3 is 0 Å². The number of alkyl halides is 1. The number of ether oxygens (including phenoxy) is 1. The fraction of sp³-hybridized carbons (Fsp3) is 1.00. The Morgan fingerprint density at radius 2 is 1.79 bits per heavy atom. The van der Waals surface area contributed by atoms with Crippen molar-refractivity contribution in [2.75, 3.05) is 24.3 Å². The Morgan fingerprint density at radius 1 is 1.16 bits per heavy atom. The molecule has 1 heterocycles. The van der Waals surface area contributed by atoms with Crippen LogP contribution in [-0.2, 0) is 14.8 Å². The van der Waals surface area contributed by atoms with Crippen molar-refractivity contribution in [3.8, 4) is 0 Å². The highest BCUT2D eigenvalue weighted by Crippen LogP contribution is 2.27. The van der Waals surface area contributed by atoms with Gasteiger partial charge in [-0.05, 0) is 31.6 Å². The molecular formula is C13H24BrNO3S. The minimum absolute atomic E-state index is 0.294. The number of nitrogens with one attached hydrogen (secondary N) is 1. The first-order chi connectivity index (χ1) is 9.05. The molecule has 112 valence electrons. The summed E-state index contributed by atoms with van der Waals surface area (Å²) < 4.78 is 33.0. The molecule has 0 spiro atoms. The van der Waals surface area contributed by atoms with Gasteiger partial charge < -0.3 is 4.74 Å². The molecule has 1 aliphatic carbocycles. The first-order valence-electron chi connectivity index (χ1n) is 7.21. The van der Waals surface area contributed by atoms with Crippen LogP contribution in [0.2, 0.25) is 0 Å². The summed E-state index contributed by atoms with van der Waals surface area (Å²) in [4.78, 5) is 0. The third-order valence-corrected chi connectivity index (χ3v) is 6.99. The van der Waals surface area contributed by atoms with E-state index in [4.69, 9.17) is 4.74 Å². The summed E-state index contributed by atoms with van der Waals surface area (Å²) in [6.07, 6.45) is 7.24. The van der Waals surface area contributed by atoms with E-state index in [2.05, 4.69) is 20.7 Å². The van der Waals surface area contributed by atoms with Gasteiger partial charge in [0.05, 0.1) is 5.75 Å². The zero-order valence-electron chi connectivity index (χ0n) is 11.4. The maximum absolute atomic E-state index is 12.4. The number of hydrogen-bond donors (Lipinski definition) is 1. The van der Waals surface area contributed by atoms with E-state index in [9.17, 15) is 8.42 Å².